The summed E-state index contributed by atoms with van der Waals surface area (Å²) in [5.74, 6) is -0.139. The highest BCUT2D eigenvalue weighted by Crippen LogP contribution is 2.20. The Bertz CT molecular complexity index is 838. The van der Waals surface area contributed by atoms with E-state index in [4.69, 9.17) is 0 Å². The van der Waals surface area contributed by atoms with Gasteiger partial charge in [-0.2, -0.15) is 5.10 Å². The van der Waals surface area contributed by atoms with Crippen molar-refractivity contribution in [1.29, 1.82) is 0 Å². The summed E-state index contributed by atoms with van der Waals surface area (Å²) >= 11 is 0. The molecule has 1 N–H and O–H groups in total. The first-order chi connectivity index (χ1) is 12.6. The van der Waals surface area contributed by atoms with Gasteiger partial charge >= 0.3 is 0 Å². The third kappa shape index (κ3) is 3.21. The van der Waals surface area contributed by atoms with Gasteiger partial charge < -0.3 is 10.2 Å². The van der Waals surface area contributed by atoms with Crippen molar-refractivity contribution < 1.29 is 9.59 Å². The van der Waals surface area contributed by atoms with E-state index in [1.807, 2.05) is 11.6 Å². The van der Waals surface area contributed by atoms with Gasteiger partial charge in [0.1, 0.15) is 0 Å². The van der Waals surface area contributed by atoms with Gasteiger partial charge in [0.2, 0.25) is 0 Å². The summed E-state index contributed by atoms with van der Waals surface area (Å²) in [6, 6.07) is 5.66. The number of amides is 2. The molecule has 1 saturated carbocycles. The molecule has 136 valence electrons. The Kier molecular flexibility index (Phi) is 4.44. The molecule has 0 spiro atoms. The molecule has 7 heteroatoms. The van der Waals surface area contributed by atoms with Crippen LogP contribution in [0.3, 0.4) is 0 Å². The van der Waals surface area contributed by atoms with Crippen molar-refractivity contribution in [1.82, 2.24) is 25.0 Å². The number of carbonyl (C=O) groups is 2. The molecule has 1 aliphatic heterocycles. The second kappa shape index (κ2) is 6.90. The average Bonchev–Trinajstić information content (AvgIpc) is 3.30. The number of rotatable bonds is 3. The van der Waals surface area contributed by atoms with Gasteiger partial charge in [0.05, 0.1) is 24.3 Å². The molecule has 3 heterocycles. The molecule has 0 atom stereocenters. The molecule has 2 amide bonds. The summed E-state index contributed by atoms with van der Waals surface area (Å²) < 4.78 is 1.84. The third-order valence-electron chi connectivity index (χ3n) is 5.25. The number of fused-ring (bicyclic) bond motifs is 1. The van der Waals surface area contributed by atoms with E-state index in [0.29, 0.717) is 30.9 Å². The van der Waals surface area contributed by atoms with Gasteiger partial charge in [0.15, 0.2) is 5.69 Å². The van der Waals surface area contributed by atoms with E-state index in [2.05, 4.69) is 15.4 Å². The predicted molar refractivity (Wildman–Crippen MR) is 95.7 cm³/mol. The SMILES string of the molecule is Cc1ncccc1C(=O)N1CCn2nc(C(=O)NC3CCCC3)cc2C1. The monoisotopic (exact) mass is 353 g/mol. The Morgan fingerprint density at radius 3 is 2.81 bits per heavy atom. The van der Waals surface area contributed by atoms with Crippen molar-refractivity contribution in [3.05, 3.63) is 47.0 Å². The van der Waals surface area contributed by atoms with Crippen LogP contribution in [0.25, 0.3) is 0 Å². The van der Waals surface area contributed by atoms with Crippen LogP contribution >= 0.6 is 0 Å². The molecule has 0 radical (unpaired) electrons. The first-order valence-electron chi connectivity index (χ1n) is 9.20. The molecule has 7 nitrogen and oxygen atoms in total. The molecule has 1 fully saturated rings. The van der Waals surface area contributed by atoms with Crippen molar-refractivity contribution in [2.75, 3.05) is 6.54 Å². The molecule has 4 rings (SSSR count). The molecule has 0 aromatic carbocycles. The number of hydrogen-bond acceptors (Lipinski definition) is 4. The molecule has 0 bridgehead atoms. The molecule has 2 aliphatic rings. The fourth-order valence-corrected chi connectivity index (χ4v) is 3.76. The Labute approximate surface area is 152 Å². The zero-order valence-electron chi connectivity index (χ0n) is 14.9. The summed E-state index contributed by atoms with van der Waals surface area (Å²) in [7, 11) is 0. The van der Waals surface area contributed by atoms with E-state index in [-0.39, 0.29) is 17.9 Å². The van der Waals surface area contributed by atoms with Crippen molar-refractivity contribution in [3.63, 3.8) is 0 Å². The Hall–Kier alpha value is -2.70. The predicted octanol–water partition coefficient (Wildman–Crippen LogP) is 1.91. The summed E-state index contributed by atoms with van der Waals surface area (Å²) in [5.41, 5.74) is 2.69. The van der Waals surface area contributed by atoms with E-state index in [0.717, 1.165) is 24.2 Å². The minimum absolute atomic E-state index is 0.0278. The third-order valence-corrected chi connectivity index (χ3v) is 5.25. The second-order valence-electron chi connectivity index (χ2n) is 7.06. The van der Waals surface area contributed by atoms with E-state index in [1.165, 1.54) is 12.8 Å². The number of aromatic nitrogens is 3. The highest BCUT2D eigenvalue weighted by Gasteiger charge is 2.26. The van der Waals surface area contributed by atoms with Crippen LogP contribution in [0.4, 0.5) is 0 Å². The maximum atomic E-state index is 12.8. The van der Waals surface area contributed by atoms with Crippen LogP contribution in [0, 0.1) is 6.92 Å². The second-order valence-corrected chi connectivity index (χ2v) is 7.06. The van der Waals surface area contributed by atoms with Crippen molar-refractivity contribution in [2.45, 2.75) is 51.7 Å². The Balaban J connectivity index is 1.47. The smallest absolute Gasteiger partial charge is 0.272 e. The highest BCUT2D eigenvalue weighted by molar-refractivity contribution is 5.95. The zero-order chi connectivity index (χ0) is 18.1. The van der Waals surface area contributed by atoms with Gasteiger partial charge in [0, 0.05) is 24.5 Å². The number of nitrogens with one attached hydrogen (secondary N) is 1. The normalized spacial score (nSPS) is 17.2. The quantitative estimate of drug-likeness (QED) is 0.914. The first kappa shape index (κ1) is 16.8. The maximum absolute atomic E-state index is 12.8. The van der Waals surface area contributed by atoms with Crippen LogP contribution < -0.4 is 5.32 Å². The minimum atomic E-state index is -0.111. The molecule has 0 unspecified atom stereocenters. The van der Waals surface area contributed by atoms with Crippen LogP contribution in [0.1, 0.15) is 57.9 Å². The summed E-state index contributed by atoms with van der Waals surface area (Å²) in [6.07, 6.45) is 6.13. The van der Waals surface area contributed by atoms with Crippen LogP contribution in [0.2, 0.25) is 0 Å². The van der Waals surface area contributed by atoms with Crippen molar-refractivity contribution in [2.24, 2.45) is 0 Å². The van der Waals surface area contributed by atoms with E-state index in [9.17, 15) is 9.59 Å². The summed E-state index contributed by atoms with van der Waals surface area (Å²) in [4.78, 5) is 31.2. The van der Waals surface area contributed by atoms with Crippen molar-refractivity contribution in [3.8, 4) is 0 Å². The molecule has 1 aliphatic carbocycles. The number of aryl methyl sites for hydroxylation is 1. The van der Waals surface area contributed by atoms with Gasteiger partial charge in [-0.3, -0.25) is 19.3 Å². The lowest BCUT2D eigenvalue weighted by Gasteiger charge is -2.28. The molecule has 0 saturated heterocycles. The highest BCUT2D eigenvalue weighted by atomic mass is 16.2. The molecule has 2 aromatic heterocycles. The lowest BCUT2D eigenvalue weighted by atomic mass is 10.1. The first-order valence-corrected chi connectivity index (χ1v) is 9.20. The topological polar surface area (TPSA) is 80.1 Å². The van der Waals surface area contributed by atoms with E-state index in [1.54, 1.807) is 29.3 Å². The molecular formula is C19H23N5O2. The van der Waals surface area contributed by atoms with Crippen LogP contribution in [-0.4, -0.2) is 44.1 Å². The van der Waals surface area contributed by atoms with Crippen LogP contribution in [-0.2, 0) is 13.1 Å². The Morgan fingerprint density at radius 2 is 2.04 bits per heavy atom. The minimum Gasteiger partial charge on any atom is -0.348 e. The standard InChI is InChI=1S/C19H23N5O2/c1-13-16(7-4-8-20-13)19(26)23-9-10-24-15(12-23)11-17(22-24)18(25)21-14-5-2-3-6-14/h4,7-8,11,14H,2-3,5-6,9-10,12H2,1H3,(H,21,25). The molecule has 26 heavy (non-hydrogen) atoms. The fraction of sp³-hybridized carbons (Fsp3) is 0.474. The maximum Gasteiger partial charge on any atom is 0.272 e. The number of nitrogens with zero attached hydrogens (tertiary/aromatic N) is 4. The van der Waals surface area contributed by atoms with Crippen LogP contribution in [0.15, 0.2) is 24.4 Å². The van der Waals surface area contributed by atoms with Gasteiger partial charge in [-0.1, -0.05) is 12.8 Å². The Morgan fingerprint density at radius 1 is 1.23 bits per heavy atom. The van der Waals surface area contributed by atoms with E-state index >= 15 is 0 Å². The van der Waals surface area contributed by atoms with Crippen LogP contribution in [0.5, 0.6) is 0 Å². The van der Waals surface area contributed by atoms with Gasteiger partial charge in [0.25, 0.3) is 11.8 Å². The number of hydrogen-bond donors (Lipinski definition) is 1. The van der Waals surface area contributed by atoms with Gasteiger partial charge in [-0.05, 0) is 38.0 Å². The van der Waals surface area contributed by atoms with E-state index < -0.39 is 0 Å². The number of carbonyl (C=O) groups excluding carboxylic acids is 2. The molecular weight excluding hydrogens is 330 g/mol. The van der Waals surface area contributed by atoms with Gasteiger partial charge in [-0.15, -0.1) is 0 Å². The fourth-order valence-electron chi connectivity index (χ4n) is 3.76. The largest absolute Gasteiger partial charge is 0.348 e. The summed E-state index contributed by atoms with van der Waals surface area (Å²) in [6.45, 7) is 3.46. The average molecular weight is 353 g/mol. The molecule has 2 aromatic rings. The lowest BCUT2D eigenvalue weighted by Crippen LogP contribution is -2.38. The summed E-state index contributed by atoms with van der Waals surface area (Å²) in [5, 5.41) is 7.50. The zero-order valence-corrected chi connectivity index (χ0v) is 14.9. The van der Waals surface area contributed by atoms with Crippen molar-refractivity contribution >= 4 is 11.8 Å². The van der Waals surface area contributed by atoms with Gasteiger partial charge in [-0.25, -0.2) is 0 Å². The lowest BCUT2D eigenvalue weighted by molar-refractivity contribution is 0.0704. The number of pyridine rings is 1.